The summed E-state index contributed by atoms with van der Waals surface area (Å²) in [4.78, 5) is 12.3. The predicted molar refractivity (Wildman–Crippen MR) is 73.8 cm³/mol. The van der Waals surface area contributed by atoms with Crippen molar-refractivity contribution in [2.24, 2.45) is 5.92 Å². The lowest BCUT2D eigenvalue weighted by Crippen LogP contribution is -2.34. The number of nitriles is 1. The second kappa shape index (κ2) is 4.93. The predicted octanol–water partition coefficient (Wildman–Crippen LogP) is 2.87. The molecule has 1 heterocycles. The van der Waals surface area contributed by atoms with Crippen LogP contribution in [0, 0.1) is 17.2 Å². The van der Waals surface area contributed by atoms with E-state index in [0.717, 1.165) is 37.1 Å². The molecule has 98 valence electrons. The van der Waals surface area contributed by atoms with E-state index in [-0.39, 0.29) is 17.9 Å². The zero-order valence-electron chi connectivity index (χ0n) is 10.8. The lowest BCUT2D eigenvalue weighted by atomic mass is 9.94. The zero-order chi connectivity index (χ0) is 13.2. The highest BCUT2D eigenvalue weighted by molar-refractivity contribution is 5.98. The van der Waals surface area contributed by atoms with Crippen LogP contribution in [0.4, 0.5) is 11.4 Å². The summed E-state index contributed by atoms with van der Waals surface area (Å²) in [6, 6.07) is 7.70. The maximum atomic E-state index is 12.3. The van der Waals surface area contributed by atoms with Crippen molar-refractivity contribution in [1.82, 2.24) is 0 Å². The van der Waals surface area contributed by atoms with E-state index in [4.69, 9.17) is 5.26 Å². The van der Waals surface area contributed by atoms with Crippen LogP contribution in [0.1, 0.15) is 37.7 Å². The molecule has 19 heavy (non-hydrogen) atoms. The fraction of sp³-hybridized carbons (Fsp3) is 0.467. The van der Waals surface area contributed by atoms with E-state index in [1.807, 2.05) is 12.1 Å². The third kappa shape index (κ3) is 2.28. The molecule has 2 atom stereocenters. The van der Waals surface area contributed by atoms with Crippen LogP contribution in [0.5, 0.6) is 0 Å². The molecule has 1 amide bonds. The van der Waals surface area contributed by atoms with Crippen LogP contribution < -0.4 is 10.6 Å². The molecular weight excluding hydrogens is 238 g/mol. The van der Waals surface area contributed by atoms with Crippen LogP contribution in [0.15, 0.2) is 18.2 Å². The van der Waals surface area contributed by atoms with E-state index in [0.29, 0.717) is 5.56 Å². The van der Waals surface area contributed by atoms with E-state index in [9.17, 15) is 4.79 Å². The first-order chi connectivity index (χ1) is 9.28. The summed E-state index contributed by atoms with van der Waals surface area (Å²) in [5, 5.41) is 15.4. The van der Waals surface area contributed by atoms with Gasteiger partial charge in [0.1, 0.15) is 0 Å². The third-order valence-corrected chi connectivity index (χ3v) is 4.10. The van der Waals surface area contributed by atoms with Gasteiger partial charge in [-0.2, -0.15) is 5.26 Å². The van der Waals surface area contributed by atoms with Gasteiger partial charge < -0.3 is 10.6 Å². The van der Waals surface area contributed by atoms with E-state index in [1.54, 1.807) is 6.07 Å². The molecular formula is C15H17N3O. The summed E-state index contributed by atoms with van der Waals surface area (Å²) in [7, 11) is 0. The first kappa shape index (κ1) is 12.0. The average molecular weight is 255 g/mol. The Balaban J connectivity index is 1.97. The zero-order valence-corrected chi connectivity index (χ0v) is 10.8. The van der Waals surface area contributed by atoms with Crippen molar-refractivity contribution in [3.8, 4) is 6.07 Å². The van der Waals surface area contributed by atoms with Crippen LogP contribution in [0.25, 0.3) is 0 Å². The molecule has 0 radical (unpaired) electrons. The Kier molecular flexibility index (Phi) is 3.12. The highest BCUT2D eigenvalue weighted by Crippen LogP contribution is 2.34. The number of amides is 1. The van der Waals surface area contributed by atoms with Gasteiger partial charge in [-0.05, 0) is 31.0 Å². The number of hydrogen-bond acceptors (Lipinski definition) is 3. The number of nitrogens with zero attached hydrogens (tertiary/aromatic N) is 1. The molecule has 1 aromatic rings. The Bertz CT molecular complexity index is 547. The molecule has 2 N–H and O–H groups in total. The van der Waals surface area contributed by atoms with Gasteiger partial charge in [0.05, 0.1) is 28.9 Å². The number of fused-ring (bicyclic) bond motifs is 2. The highest BCUT2D eigenvalue weighted by atomic mass is 16.2. The first-order valence-electron chi connectivity index (χ1n) is 6.89. The molecule has 1 aromatic carbocycles. The molecule has 0 saturated heterocycles. The molecule has 2 unspecified atom stereocenters. The monoisotopic (exact) mass is 255 g/mol. The minimum Gasteiger partial charge on any atom is -0.380 e. The van der Waals surface area contributed by atoms with Crippen molar-refractivity contribution >= 4 is 17.3 Å². The lowest BCUT2D eigenvalue weighted by Gasteiger charge is -2.22. The van der Waals surface area contributed by atoms with Crippen LogP contribution in [0.3, 0.4) is 0 Å². The van der Waals surface area contributed by atoms with Crippen LogP contribution in [0.2, 0.25) is 0 Å². The Morgan fingerprint density at radius 1 is 1.16 bits per heavy atom. The van der Waals surface area contributed by atoms with E-state index >= 15 is 0 Å². The largest absolute Gasteiger partial charge is 0.380 e. The molecule has 4 heteroatoms. The lowest BCUT2D eigenvalue weighted by molar-refractivity contribution is -0.120. The second-order valence-electron chi connectivity index (χ2n) is 5.36. The van der Waals surface area contributed by atoms with Crippen molar-refractivity contribution in [3.05, 3.63) is 23.8 Å². The SMILES string of the molecule is N#Cc1ccc2c(c1)NC1CCCCCC1C(=O)N2. The number of rotatable bonds is 0. The molecule has 1 fully saturated rings. The Morgan fingerprint density at radius 2 is 2.00 bits per heavy atom. The summed E-state index contributed by atoms with van der Waals surface area (Å²) >= 11 is 0. The molecule has 0 bridgehead atoms. The van der Waals surface area contributed by atoms with Crippen molar-refractivity contribution in [1.29, 1.82) is 5.26 Å². The maximum Gasteiger partial charge on any atom is 0.229 e. The van der Waals surface area contributed by atoms with Gasteiger partial charge in [0.25, 0.3) is 0 Å². The van der Waals surface area contributed by atoms with Crippen LogP contribution >= 0.6 is 0 Å². The Morgan fingerprint density at radius 3 is 2.84 bits per heavy atom. The average Bonchev–Trinajstić information content (AvgIpc) is 2.71. The smallest absolute Gasteiger partial charge is 0.229 e. The quantitative estimate of drug-likeness (QED) is 0.749. The van der Waals surface area contributed by atoms with Crippen molar-refractivity contribution in [2.75, 3.05) is 10.6 Å². The fourth-order valence-electron chi connectivity index (χ4n) is 3.06. The summed E-state index contributed by atoms with van der Waals surface area (Å²) in [6.07, 6.45) is 5.45. The number of carbonyl (C=O) groups is 1. The summed E-state index contributed by atoms with van der Waals surface area (Å²) in [5.74, 6) is 0.156. The van der Waals surface area contributed by atoms with Gasteiger partial charge in [0.2, 0.25) is 5.91 Å². The van der Waals surface area contributed by atoms with Crippen molar-refractivity contribution in [2.45, 2.75) is 38.1 Å². The molecule has 2 aliphatic rings. The van der Waals surface area contributed by atoms with Gasteiger partial charge in [-0.15, -0.1) is 0 Å². The minimum absolute atomic E-state index is 0.0421. The van der Waals surface area contributed by atoms with E-state index < -0.39 is 0 Å². The standard InChI is InChI=1S/C15H17N3O/c16-9-10-6-7-13-14(8-10)17-12-5-3-1-2-4-11(12)15(19)18-13/h6-8,11-12,17H,1-5H2,(H,18,19). The number of anilines is 2. The Labute approximate surface area is 112 Å². The van der Waals surface area contributed by atoms with Gasteiger partial charge in [0, 0.05) is 6.04 Å². The fourth-order valence-corrected chi connectivity index (χ4v) is 3.06. The van der Waals surface area contributed by atoms with E-state index in [2.05, 4.69) is 16.7 Å². The normalized spacial score (nSPS) is 25.7. The maximum absolute atomic E-state index is 12.3. The highest BCUT2D eigenvalue weighted by Gasteiger charge is 2.32. The van der Waals surface area contributed by atoms with E-state index in [1.165, 1.54) is 6.42 Å². The summed E-state index contributed by atoms with van der Waals surface area (Å²) in [5.41, 5.74) is 2.28. The number of hydrogen-bond donors (Lipinski definition) is 2. The third-order valence-electron chi connectivity index (χ3n) is 4.10. The molecule has 0 aromatic heterocycles. The molecule has 1 aliphatic heterocycles. The van der Waals surface area contributed by atoms with Crippen molar-refractivity contribution in [3.63, 3.8) is 0 Å². The summed E-state index contributed by atoms with van der Waals surface area (Å²) in [6.45, 7) is 0. The van der Waals surface area contributed by atoms with Gasteiger partial charge in [-0.25, -0.2) is 0 Å². The molecule has 4 nitrogen and oxygen atoms in total. The summed E-state index contributed by atoms with van der Waals surface area (Å²) < 4.78 is 0. The number of carbonyl (C=O) groups excluding carboxylic acids is 1. The van der Waals surface area contributed by atoms with Gasteiger partial charge in [-0.1, -0.05) is 19.3 Å². The Hall–Kier alpha value is -2.02. The molecule has 1 saturated carbocycles. The first-order valence-corrected chi connectivity index (χ1v) is 6.89. The molecule has 3 rings (SSSR count). The molecule has 1 aliphatic carbocycles. The number of benzene rings is 1. The van der Waals surface area contributed by atoms with Gasteiger partial charge in [-0.3, -0.25) is 4.79 Å². The topological polar surface area (TPSA) is 64.9 Å². The number of nitrogens with one attached hydrogen (secondary N) is 2. The van der Waals surface area contributed by atoms with Crippen molar-refractivity contribution < 1.29 is 4.79 Å². The molecule has 0 spiro atoms. The van der Waals surface area contributed by atoms with Crippen LogP contribution in [-0.4, -0.2) is 11.9 Å². The van der Waals surface area contributed by atoms with Gasteiger partial charge >= 0.3 is 0 Å². The van der Waals surface area contributed by atoms with Gasteiger partial charge in [0.15, 0.2) is 0 Å². The van der Waals surface area contributed by atoms with Crippen LogP contribution in [-0.2, 0) is 4.79 Å². The minimum atomic E-state index is 0.0421. The second-order valence-corrected chi connectivity index (χ2v) is 5.36.